The van der Waals surface area contributed by atoms with Crippen molar-refractivity contribution in [2.45, 2.75) is 20.4 Å². The quantitative estimate of drug-likeness (QED) is 0.885. The van der Waals surface area contributed by atoms with Gasteiger partial charge in [-0.1, -0.05) is 30.3 Å². The number of rotatable bonds is 3. The van der Waals surface area contributed by atoms with Crippen molar-refractivity contribution in [3.05, 3.63) is 53.6 Å². The summed E-state index contributed by atoms with van der Waals surface area (Å²) in [6.07, 6.45) is 0. The normalized spacial score (nSPS) is 10.2. The summed E-state index contributed by atoms with van der Waals surface area (Å²) < 4.78 is 0. The van der Waals surface area contributed by atoms with Gasteiger partial charge in [-0.2, -0.15) is 0 Å². The highest BCUT2D eigenvalue weighted by Crippen LogP contribution is 2.24. The lowest BCUT2D eigenvalue weighted by molar-refractivity contribution is -0.119. The molecule has 2 aromatic carbocycles. The standard InChI is InChI=1S/C16H17NO2/c1-11-9-14(13-5-7-16(19)8-6-13)3-4-15(11)10-17-12(2)18/h3-9,19H,10H2,1-2H3,(H,17,18). The summed E-state index contributed by atoms with van der Waals surface area (Å²) in [6, 6.07) is 13.3. The van der Waals surface area contributed by atoms with Crippen molar-refractivity contribution in [2.24, 2.45) is 0 Å². The maximum absolute atomic E-state index is 10.9. The summed E-state index contributed by atoms with van der Waals surface area (Å²) in [4.78, 5) is 10.9. The second-order valence-corrected chi connectivity index (χ2v) is 4.60. The number of carbonyl (C=O) groups excluding carboxylic acids is 1. The Hall–Kier alpha value is -2.29. The van der Waals surface area contributed by atoms with E-state index in [1.54, 1.807) is 12.1 Å². The molecule has 0 aliphatic rings. The molecule has 2 rings (SSSR count). The van der Waals surface area contributed by atoms with Crippen molar-refractivity contribution in [3.8, 4) is 16.9 Å². The van der Waals surface area contributed by atoms with Crippen LogP contribution in [0.2, 0.25) is 0 Å². The van der Waals surface area contributed by atoms with Crippen LogP contribution in [-0.4, -0.2) is 11.0 Å². The lowest BCUT2D eigenvalue weighted by atomic mass is 10.00. The molecule has 0 bridgehead atoms. The van der Waals surface area contributed by atoms with Gasteiger partial charge in [0.05, 0.1) is 0 Å². The summed E-state index contributed by atoms with van der Waals surface area (Å²) in [6.45, 7) is 4.10. The highest BCUT2D eigenvalue weighted by molar-refractivity contribution is 5.73. The minimum Gasteiger partial charge on any atom is -0.508 e. The van der Waals surface area contributed by atoms with Crippen LogP contribution in [0, 0.1) is 6.92 Å². The highest BCUT2D eigenvalue weighted by Gasteiger charge is 2.03. The molecule has 0 heterocycles. The van der Waals surface area contributed by atoms with Gasteiger partial charge in [0.15, 0.2) is 0 Å². The first-order valence-corrected chi connectivity index (χ1v) is 6.19. The van der Waals surface area contributed by atoms with Crippen LogP contribution in [-0.2, 0) is 11.3 Å². The smallest absolute Gasteiger partial charge is 0.217 e. The van der Waals surface area contributed by atoms with E-state index in [1.807, 2.05) is 31.2 Å². The summed E-state index contributed by atoms with van der Waals surface area (Å²) in [5, 5.41) is 12.1. The number of phenols is 1. The number of amides is 1. The van der Waals surface area contributed by atoms with Crippen molar-refractivity contribution in [2.75, 3.05) is 0 Å². The zero-order valence-corrected chi connectivity index (χ0v) is 11.1. The van der Waals surface area contributed by atoms with Crippen LogP contribution in [0.1, 0.15) is 18.1 Å². The Kier molecular flexibility index (Phi) is 3.85. The fourth-order valence-corrected chi connectivity index (χ4v) is 1.95. The third kappa shape index (κ3) is 3.35. The Morgan fingerprint density at radius 1 is 1.11 bits per heavy atom. The van der Waals surface area contributed by atoms with E-state index in [4.69, 9.17) is 0 Å². The fourth-order valence-electron chi connectivity index (χ4n) is 1.95. The minimum atomic E-state index is -0.0259. The number of aryl methyl sites for hydroxylation is 1. The van der Waals surface area contributed by atoms with Gasteiger partial charge < -0.3 is 10.4 Å². The summed E-state index contributed by atoms with van der Waals surface area (Å²) in [5.41, 5.74) is 4.41. The zero-order valence-electron chi connectivity index (χ0n) is 11.1. The molecule has 2 aromatic rings. The first-order chi connectivity index (χ1) is 9.06. The summed E-state index contributed by atoms with van der Waals surface area (Å²) in [7, 11) is 0. The van der Waals surface area contributed by atoms with E-state index >= 15 is 0 Å². The predicted octanol–water partition coefficient (Wildman–Crippen LogP) is 3.00. The van der Waals surface area contributed by atoms with Crippen molar-refractivity contribution < 1.29 is 9.90 Å². The van der Waals surface area contributed by atoms with Gasteiger partial charge in [-0.15, -0.1) is 0 Å². The van der Waals surface area contributed by atoms with E-state index in [9.17, 15) is 9.90 Å². The lowest BCUT2D eigenvalue weighted by Crippen LogP contribution is -2.19. The minimum absolute atomic E-state index is 0.0259. The Morgan fingerprint density at radius 2 is 1.74 bits per heavy atom. The highest BCUT2D eigenvalue weighted by atomic mass is 16.3. The molecular weight excluding hydrogens is 238 g/mol. The molecule has 0 fully saturated rings. The molecule has 0 aliphatic heterocycles. The van der Waals surface area contributed by atoms with Gasteiger partial charge in [0.2, 0.25) is 5.91 Å². The first-order valence-electron chi connectivity index (χ1n) is 6.19. The van der Waals surface area contributed by atoms with Crippen LogP contribution in [0.3, 0.4) is 0 Å². The molecule has 98 valence electrons. The molecule has 3 heteroatoms. The topological polar surface area (TPSA) is 49.3 Å². The Labute approximate surface area is 112 Å². The second-order valence-electron chi connectivity index (χ2n) is 4.60. The molecule has 19 heavy (non-hydrogen) atoms. The number of aromatic hydroxyl groups is 1. The van der Waals surface area contributed by atoms with Crippen LogP contribution >= 0.6 is 0 Å². The van der Waals surface area contributed by atoms with Gasteiger partial charge in [0.1, 0.15) is 5.75 Å². The van der Waals surface area contributed by atoms with E-state index in [0.29, 0.717) is 6.54 Å². The largest absolute Gasteiger partial charge is 0.508 e. The molecule has 0 atom stereocenters. The average Bonchev–Trinajstić information content (AvgIpc) is 2.38. The molecule has 1 amide bonds. The molecule has 0 aromatic heterocycles. The number of hydrogen-bond donors (Lipinski definition) is 2. The number of benzene rings is 2. The van der Waals surface area contributed by atoms with Gasteiger partial charge in [-0.05, 0) is 41.3 Å². The van der Waals surface area contributed by atoms with Gasteiger partial charge in [0.25, 0.3) is 0 Å². The van der Waals surface area contributed by atoms with Crippen molar-refractivity contribution >= 4 is 5.91 Å². The number of nitrogens with one attached hydrogen (secondary N) is 1. The predicted molar refractivity (Wildman–Crippen MR) is 75.8 cm³/mol. The molecule has 0 spiro atoms. The number of phenolic OH excluding ortho intramolecular Hbond substituents is 1. The molecule has 0 saturated carbocycles. The molecule has 0 radical (unpaired) electrons. The molecule has 0 aliphatic carbocycles. The van der Waals surface area contributed by atoms with Gasteiger partial charge in [0, 0.05) is 13.5 Å². The molecule has 0 saturated heterocycles. The number of carbonyl (C=O) groups is 1. The maximum atomic E-state index is 10.9. The van der Waals surface area contributed by atoms with Crippen molar-refractivity contribution in [1.82, 2.24) is 5.32 Å². The molecule has 0 unspecified atom stereocenters. The van der Waals surface area contributed by atoms with E-state index in [1.165, 1.54) is 6.92 Å². The van der Waals surface area contributed by atoms with E-state index in [-0.39, 0.29) is 11.7 Å². The molecule has 3 nitrogen and oxygen atoms in total. The molecular formula is C16H17NO2. The number of hydrogen-bond acceptors (Lipinski definition) is 2. The van der Waals surface area contributed by atoms with Crippen molar-refractivity contribution in [1.29, 1.82) is 0 Å². The third-order valence-corrected chi connectivity index (χ3v) is 3.07. The third-order valence-electron chi connectivity index (χ3n) is 3.07. The Balaban J connectivity index is 2.23. The summed E-state index contributed by atoms with van der Waals surface area (Å²) >= 11 is 0. The zero-order chi connectivity index (χ0) is 13.8. The Morgan fingerprint density at radius 3 is 2.32 bits per heavy atom. The Bertz CT molecular complexity index is 588. The maximum Gasteiger partial charge on any atom is 0.217 e. The second kappa shape index (κ2) is 5.57. The van der Waals surface area contributed by atoms with Gasteiger partial charge >= 0.3 is 0 Å². The van der Waals surface area contributed by atoms with Crippen LogP contribution < -0.4 is 5.32 Å². The van der Waals surface area contributed by atoms with E-state index in [2.05, 4.69) is 11.4 Å². The van der Waals surface area contributed by atoms with E-state index in [0.717, 1.165) is 22.3 Å². The molecule has 2 N–H and O–H groups in total. The SMILES string of the molecule is CC(=O)NCc1ccc(-c2ccc(O)cc2)cc1C. The van der Waals surface area contributed by atoms with Gasteiger partial charge in [-0.3, -0.25) is 4.79 Å². The fraction of sp³-hybridized carbons (Fsp3) is 0.188. The monoisotopic (exact) mass is 255 g/mol. The van der Waals surface area contributed by atoms with Crippen LogP contribution in [0.15, 0.2) is 42.5 Å². The van der Waals surface area contributed by atoms with Crippen LogP contribution in [0.25, 0.3) is 11.1 Å². The first kappa shape index (κ1) is 13.1. The van der Waals surface area contributed by atoms with Crippen molar-refractivity contribution in [3.63, 3.8) is 0 Å². The van der Waals surface area contributed by atoms with Gasteiger partial charge in [-0.25, -0.2) is 0 Å². The average molecular weight is 255 g/mol. The summed E-state index contributed by atoms with van der Waals surface area (Å²) in [5.74, 6) is 0.241. The van der Waals surface area contributed by atoms with Crippen LogP contribution in [0.5, 0.6) is 5.75 Å². The lowest BCUT2D eigenvalue weighted by Gasteiger charge is -2.09. The van der Waals surface area contributed by atoms with Crippen LogP contribution in [0.4, 0.5) is 0 Å². The van der Waals surface area contributed by atoms with E-state index < -0.39 is 0 Å².